The van der Waals surface area contributed by atoms with Crippen molar-refractivity contribution in [1.29, 1.82) is 0 Å². The number of rotatable bonds is 6. The fourth-order valence-corrected chi connectivity index (χ4v) is 1.70. The van der Waals surface area contributed by atoms with E-state index in [0.717, 1.165) is 0 Å². The monoisotopic (exact) mass is 287 g/mol. The van der Waals surface area contributed by atoms with Gasteiger partial charge in [0.05, 0.1) is 10.1 Å². The largest absolute Gasteiger partial charge is 0.748 e. The molecule has 1 rings (SSSR count). The van der Waals surface area contributed by atoms with Gasteiger partial charge in [-0.2, -0.15) is 0 Å². The minimum Gasteiger partial charge on any atom is -0.748 e. The Morgan fingerprint density at radius 3 is 2.37 bits per heavy atom. The van der Waals surface area contributed by atoms with Gasteiger partial charge in [0.1, 0.15) is 6.54 Å². The van der Waals surface area contributed by atoms with Crippen LogP contribution in [0.5, 0.6) is 0 Å². The summed E-state index contributed by atoms with van der Waals surface area (Å²) in [5, 5.41) is 0. The molecule has 0 fully saturated rings. The van der Waals surface area contributed by atoms with E-state index in [1.807, 2.05) is 0 Å². The smallest absolute Gasteiger partial charge is 0.171 e. The van der Waals surface area contributed by atoms with Crippen molar-refractivity contribution in [1.82, 2.24) is 0 Å². The highest BCUT2D eigenvalue weighted by Gasteiger charge is 2.01. The van der Waals surface area contributed by atoms with Crippen molar-refractivity contribution in [2.24, 2.45) is 0 Å². The van der Waals surface area contributed by atoms with Gasteiger partial charge in [0.2, 0.25) is 0 Å². The highest BCUT2D eigenvalue weighted by molar-refractivity contribution is 7.84. The molecule has 0 amide bonds. The van der Waals surface area contributed by atoms with E-state index in [1.54, 1.807) is 0 Å². The van der Waals surface area contributed by atoms with E-state index in [-0.39, 0.29) is 0 Å². The van der Waals surface area contributed by atoms with Gasteiger partial charge in [-0.3, -0.25) is 0 Å². The van der Waals surface area contributed by atoms with Crippen LogP contribution in [0.25, 0.3) is 0 Å². The number of pyridine rings is 1. The first kappa shape index (κ1) is 18.1. The van der Waals surface area contributed by atoms with E-state index in [4.69, 9.17) is 13.0 Å². The molecular weight excluding hydrogens is 262 g/mol. The van der Waals surface area contributed by atoms with Gasteiger partial charge in [-0.25, -0.2) is 13.0 Å². The van der Waals surface area contributed by atoms with Crippen LogP contribution in [-0.4, -0.2) is 19.2 Å². The highest BCUT2D eigenvalue weighted by Crippen LogP contribution is 1.99. The van der Waals surface area contributed by atoms with E-state index in [2.05, 4.69) is 42.9 Å². The zero-order chi connectivity index (χ0) is 14.7. The van der Waals surface area contributed by atoms with Crippen molar-refractivity contribution in [2.45, 2.75) is 52.5 Å². The number of nitrogens with zero attached hydrogens (tertiary/aromatic N) is 1. The molecule has 5 heteroatoms. The number of hydrogen-bond donors (Lipinski definition) is 0. The Labute approximate surface area is 117 Å². The van der Waals surface area contributed by atoms with Crippen LogP contribution in [0.15, 0.2) is 24.5 Å². The van der Waals surface area contributed by atoms with Crippen LogP contribution in [0.2, 0.25) is 0 Å². The third-order valence-corrected chi connectivity index (χ3v) is 2.48. The Hall–Kier alpha value is -0.940. The molecule has 0 aliphatic heterocycles. The van der Waals surface area contributed by atoms with Crippen LogP contribution >= 0.6 is 0 Å². The fourth-order valence-electron chi connectivity index (χ4n) is 1.70. The maximum Gasteiger partial charge on any atom is 0.171 e. The Morgan fingerprint density at radius 1 is 1.21 bits per heavy atom. The average molecular weight is 287 g/mol. The van der Waals surface area contributed by atoms with Crippen LogP contribution in [0.4, 0.5) is 0 Å². The Kier molecular flexibility index (Phi) is 9.43. The van der Waals surface area contributed by atoms with Crippen molar-refractivity contribution in [3.63, 3.8) is 0 Å². The molecule has 0 aromatic carbocycles. The van der Waals surface area contributed by atoms with Gasteiger partial charge in [-0.05, 0) is 18.9 Å². The van der Waals surface area contributed by atoms with Crippen molar-refractivity contribution in [3.8, 4) is 0 Å². The summed E-state index contributed by atoms with van der Waals surface area (Å²) in [6.07, 6.45) is 11.4. The van der Waals surface area contributed by atoms with Gasteiger partial charge < -0.3 is 4.55 Å². The predicted octanol–water partition coefficient (Wildman–Crippen LogP) is 2.28. The van der Waals surface area contributed by atoms with Crippen molar-refractivity contribution in [3.05, 3.63) is 30.1 Å². The van der Waals surface area contributed by atoms with Gasteiger partial charge >= 0.3 is 0 Å². The molecule has 1 aromatic heterocycles. The third-order valence-electron chi connectivity index (χ3n) is 2.48. The van der Waals surface area contributed by atoms with E-state index < -0.39 is 10.1 Å². The molecule has 0 bridgehead atoms. The van der Waals surface area contributed by atoms with Crippen LogP contribution < -0.4 is 4.57 Å². The molecule has 1 heterocycles. The van der Waals surface area contributed by atoms with E-state index in [0.29, 0.717) is 6.26 Å². The van der Waals surface area contributed by atoms with Crippen LogP contribution in [0.1, 0.15) is 45.1 Å². The molecule has 0 spiro atoms. The maximum absolute atomic E-state index is 9.08. The second-order valence-electron chi connectivity index (χ2n) is 4.61. The summed E-state index contributed by atoms with van der Waals surface area (Å²) in [5.74, 6) is 0. The molecule has 4 nitrogen and oxygen atoms in total. The molecule has 0 N–H and O–H groups in total. The van der Waals surface area contributed by atoms with Crippen LogP contribution in [0, 0.1) is 0 Å². The molecule has 1 aromatic rings. The molecule has 0 atom stereocenters. The molecular formula is C14H25NO3S. The van der Waals surface area contributed by atoms with Gasteiger partial charge in [-0.15, -0.1) is 0 Å². The summed E-state index contributed by atoms with van der Waals surface area (Å²) in [6.45, 7) is 5.65. The number of unbranched alkanes of at least 4 members (excludes halogenated alkanes) is 2. The Balaban J connectivity index is 0.000000555. The predicted molar refractivity (Wildman–Crippen MR) is 75.8 cm³/mol. The standard InChI is InChI=1S/C13H22N.CH4O3S/c1-3-5-6-10-14-11-7-9-13(12-14)8-4-2;1-5(2,3)4/h7,9,11-12H,3-6,8,10H2,1-2H3;1H3,(H,2,3,4)/q+1;/p-1. The number of aromatic nitrogens is 1. The normalized spacial score (nSPS) is 10.7. The first-order chi connectivity index (χ1) is 8.86. The Morgan fingerprint density at radius 2 is 1.84 bits per heavy atom. The SMILES string of the molecule is CCCCC[n+]1cccc(CCC)c1.CS(=O)(=O)[O-]. The average Bonchev–Trinajstić information content (AvgIpc) is 2.28. The fraction of sp³-hybridized carbons (Fsp3) is 0.643. The van der Waals surface area contributed by atoms with E-state index >= 15 is 0 Å². The summed E-state index contributed by atoms with van der Waals surface area (Å²) in [5.41, 5.74) is 1.46. The van der Waals surface area contributed by atoms with Gasteiger partial charge in [0.15, 0.2) is 12.4 Å². The zero-order valence-electron chi connectivity index (χ0n) is 12.1. The zero-order valence-corrected chi connectivity index (χ0v) is 12.9. The molecule has 19 heavy (non-hydrogen) atoms. The van der Waals surface area contributed by atoms with Crippen molar-refractivity contribution in [2.75, 3.05) is 6.26 Å². The second-order valence-corrected chi connectivity index (χ2v) is 6.02. The maximum atomic E-state index is 9.08. The summed E-state index contributed by atoms with van der Waals surface area (Å²) in [6, 6.07) is 4.39. The molecule has 0 saturated carbocycles. The first-order valence-electron chi connectivity index (χ1n) is 6.75. The molecule has 0 aliphatic carbocycles. The van der Waals surface area contributed by atoms with Gasteiger partial charge in [0.25, 0.3) is 0 Å². The van der Waals surface area contributed by atoms with Gasteiger partial charge in [-0.1, -0.05) is 26.7 Å². The lowest BCUT2D eigenvalue weighted by molar-refractivity contribution is -0.697. The summed E-state index contributed by atoms with van der Waals surface area (Å²) >= 11 is 0. The lowest BCUT2D eigenvalue weighted by atomic mass is 10.2. The lowest BCUT2D eigenvalue weighted by Crippen LogP contribution is -2.33. The molecule has 0 unspecified atom stereocenters. The number of aryl methyl sites for hydroxylation is 2. The molecule has 0 aliphatic rings. The van der Waals surface area contributed by atoms with E-state index in [1.165, 1.54) is 44.2 Å². The molecule has 0 radical (unpaired) electrons. The van der Waals surface area contributed by atoms with Crippen molar-refractivity contribution < 1.29 is 17.5 Å². The molecule has 0 saturated heterocycles. The first-order valence-corrected chi connectivity index (χ1v) is 8.57. The molecule has 110 valence electrons. The topological polar surface area (TPSA) is 61.1 Å². The minimum absolute atomic E-state index is 0.604. The Bertz CT molecular complexity index is 436. The lowest BCUT2D eigenvalue weighted by Gasteiger charge is -1.99. The summed E-state index contributed by atoms with van der Waals surface area (Å²) in [4.78, 5) is 0. The van der Waals surface area contributed by atoms with E-state index in [9.17, 15) is 0 Å². The summed E-state index contributed by atoms with van der Waals surface area (Å²) < 4.78 is 29.5. The van der Waals surface area contributed by atoms with Gasteiger partial charge in [0, 0.05) is 24.3 Å². The van der Waals surface area contributed by atoms with Crippen LogP contribution in [-0.2, 0) is 23.1 Å². The minimum atomic E-state index is -3.92. The van der Waals surface area contributed by atoms with Crippen LogP contribution in [0.3, 0.4) is 0 Å². The quantitative estimate of drug-likeness (QED) is 0.458. The second kappa shape index (κ2) is 9.92. The number of hydrogen-bond acceptors (Lipinski definition) is 3. The highest BCUT2D eigenvalue weighted by atomic mass is 32.2. The van der Waals surface area contributed by atoms with Crippen molar-refractivity contribution >= 4 is 10.1 Å². The third kappa shape index (κ3) is 13.3. The summed E-state index contributed by atoms with van der Waals surface area (Å²) in [7, 11) is -3.92.